The van der Waals surface area contributed by atoms with Gasteiger partial charge in [-0.25, -0.2) is 0 Å². The van der Waals surface area contributed by atoms with Crippen LogP contribution in [-0.4, -0.2) is 4.98 Å². The van der Waals surface area contributed by atoms with E-state index in [4.69, 9.17) is 0 Å². The van der Waals surface area contributed by atoms with Gasteiger partial charge in [0, 0.05) is 17.1 Å². The first-order chi connectivity index (χ1) is 6.83. The molecule has 1 nitrogen and oxygen atoms in total. The Balaban J connectivity index is 2.45. The van der Waals surface area contributed by atoms with Gasteiger partial charge in [0.1, 0.15) is 0 Å². The number of aromatic nitrogens is 1. The van der Waals surface area contributed by atoms with Crippen LogP contribution in [0.15, 0.2) is 30.5 Å². The predicted octanol–water partition coefficient (Wildman–Crippen LogP) is 4.07. The van der Waals surface area contributed by atoms with Crippen LogP contribution in [0.2, 0.25) is 0 Å². The fourth-order valence-corrected chi connectivity index (χ4v) is 2.13. The lowest BCUT2D eigenvalue weighted by Gasteiger charge is -2.11. The first-order valence-corrected chi connectivity index (χ1v) is 5.39. The molecule has 1 N–H and O–H groups in total. The van der Waals surface area contributed by atoms with E-state index in [-0.39, 0.29) is 0 Å². The summed E-state index contributed by atoms with van der Waals surface area (Å²) in [5, 5.41) is 1.38. The molecule has 0 spiro atoms. The van der Waals surface area contributed by atoms with Crippen molar-refractivity contribution in [1.82, 2.24) is 4.98 Å². The molecule has 1 heterocycles. The van der Waals surface area contributed by atoms with Gasteiger partial charge in [0.15, 0.2) is 0 Å². The average Bonchev–Trinajstić information content (AvgIpc) is 2.65. The third-order valence-electron chi connectivity index (χ3n) is 2.88. The van der Waals surface area contributed by atoms with E-state index in [0.29, 0.717) is 5.92 Å². The molecule has 1 heteroatoms. The molecule has 2 aromatic rings. The summed E-state index contributed by atoms with van der Waals surface area (Å²) in [4.78, 5) is 3.26. The highest BCUT2D eigenvalue weighted by molar-refractivity contribution is 5.83. The van der Waals surface area contributed by atoms with Crippen molar-refractivity contribution in [2.24, 2.45) is 0 Å². The van der Waals surface area contributed by atoms with Crippen LogP contribution in [0, 0.1) is 0 Å². The van der Waals surface area contributed by atoms with Crippen LogP contribution >= 0.6 is 0 Å². The smallest absolute Gasteiger partial charge is 0.0456 e. The maximum absolute atomic E-state index is 3.26. The van der Waals surface area contributed by atoms with Gasteiger partial charge in [-0.3, -0.25) is 0 Å². The van der Waals surface area contributed by atoms with Crippen LogP contribution in [0.5, 0.6) is 0 Å². The van der Waals surface area contributed by atoms with Crippen molar-refractivity contribution in [3.05, 3.63) is 36.0 Å². The van der Waals surface area contributed by atoms with E-state index >= 15 is 0 Å². The molecule has 0 fully saturated rings. The number of hydrogen-bond acceptors (Lipinski definition) is 0. The molecule has 0 saturated carbocycles. The van der Waals surface area contributed by atoms with Gasteiger partial charge in [-0.2, -0.15) is 0 Å². The lowest BCUT2D eigenvalue weighted by Crippen LogP contribution is -1.92. The molecule has 1 aromatic carbocycles. The number of fused-ring (bicyclic) bond motifs is 1. The zero-order valence-corrected chi connectivity index (χ0v) is 8.88. The Bertz CT molecular complexity index is 414. The highest BCUT2D eigenvalue weighted by Crippen LogP contribution is 2.27. The second kappa shape index (κ2) is 3.87. The van der Waals surface area contributed by atoms with Crippen LogP contribution < -0.4 is 0 Å². The molecule has 74 valence electrons. The predicted molar refractivity (Wildman–Crippen MR) is 61.6 cm³/mol. The zero-order chi connectivity index (χ0) is 9.97. The minimum absolute atomic E-state index is 0.666. The molecule has 0 aliphatic rings. The standard InChI is InChI=1S/C13H17N/c1-3-5-10(2)11-6-4-7-13-12(11)8-9-14-13/h4,6-10,14H,3,5H2,1-2H3. The van der Waals surface area contributed by atoms with Gasteiger partial charge in [0.2, 0.25) is 0 Å². The number of aromatic amines is 1. The minimum Gasteiger partial charge on any atom is -0.361 e. The Hall–Kier alpha value is -1.24. The second-order valence-corrected chi connectivity index (χ2v) is 3.98. The van der Waals surface area contributed by atoms with E-state index in [1.165, 1.54) is 29.3 Å². The number of benzene rings is 1. The van der Waals surface area contributed by atoms with E-state index in [2.05, 4.69) is 43.1 Å². The maximum Gasteiger partial charge on any atom is 0.0456 e. The highest BCUT2D eigenvalue weighted by Gasteiger charge is 2.08. The number of nitrogens with one attached hydrogen (secondary N) is 1. The van der Waals surface area contributed by atoms with Crippen LogP contribution in [-0.2, 0) is 0 Å². The van der Waals surface area contributed by atoms with E-state index in [1.54, 1.807) is 0 Å². The summed E-state index contributed by atoms with van der Waals surface area (Å²) in [6, 6.07) is 8.70. The Kier molecular flexibility index (Phi) is 2.58. The summed E-state index contributed by atoms with van der Waals surface area (Å²) >= 11 is 0. The lowest BCUT2D eigenvalue weighted by molar-refractivity contribution is 0.669. The molecule has 0 radical (unpaired) electrons. The molecule has 1 atom stereocenters. The van der Waals surface area contributed by atoms with Crippen molar-refractivity contribution >= 4 is 10.9 Å². The zero-order valence-electron chi connectivity index (χ0n) is 8.88. The SMILES string of the molecule is CCCC(C)c1cccc2[nH]ccc12. The molecular weight excluding hydrogens is 170 g/mol. The number of rotatable bonds is 3. The highest BCUT2D eigenvalue weighted by atomic mass is 14.7. The van der Waals surface area contributed by atoms with Gasteiger partial charge in [-0.05, 0) is 30.0 Å². The molecule has 14 heavy (non-hydrogen) atoms. The maximum atomic E-state index is 3.26. The summed E-state index contributed by atoms with van der Waals surface area (Å²) in [7, 11) is 0. The Labute approximate surface area is 85.1 Å². The molecule has 0 bridgehead atoms. The van der Waals surface area contributed by atoms with Gasteiger partial charge >= 0.3 is 0 Å². The monoisotopic (exact) mass is 187 g/mol. The normalized spacial score (nSPS) is 13.3. The van der Waals surface area contributed by atoms with Crippen molar-refractivity contribution < 1.29 is 0 Å². The van der Waals surface area contributed by atoms with E-state index in [0.717, 1.165) is 0 Å². The van der Waals surface area contributed by atoms with Crippen molar-refractivity contribution in [2.45, 2.75) is 32.6 Å². The largest absolute Gasteiger partial charge is 0.361 e. The Morgan fingerprint density at radius 2 is 2.14 bits per heavy atom. The molecule has 0 saturated heterocycles. The third-order valence-corrected chi connectivity index (χ3v) is 2.88. The summed E-state index contributed by atoms with van der Waals surface area (Å²) < 4.78 is 0. The number of H-pyrrole nitrogens is 1. The fraction of sp³-hybridized carbons (Fsp3) is 0.385. The third kappa shape index (κ3) is 1.54. The van der Waals surface area contributed by atoms with Gasteiger partial charge in [-0.15, -0.1) is 0 Å². The molecule has 0 aliphatic heterocycles. The average molecular weight is 187 g/mol. The first kappa shape index (κ1) is 9.32. The molecular formula is C13H17N. The molecule has 2 rings (SSSR count). The summed E-state index contributed by atoms with van der Waals surface area (Å²) in [6.07, 6.45) is 4.54. The lowest BCUT2D eigenvalue weighted by atomic mass is 9.94. The Morgan fingerprint density at radius 1 is 1.29 bits per heavy atom. The van der Waals surface area contributed by atoms with Gasteiger partial charge in [0.25, 0.3) is 0 Å². The molecule has 0 amide bonds. The van der Waals surface area contributed by atoms with Crippen molar-refractivity contribution in [3.8, 4) is 0 Å². The van der Waals surface area contributed by atoms with E-state index in [9.17, 15) is 0 Å². The van der Waals surface area contributed by atoms with Crippen LogP contribution in [0.4, 0.5) is 0 Å². The first-order valence-electron chi connectivity index (χ1n) is 5.39. The molecule has 1 aromatic heterocycles. The molecule has 0 aliphatic carbocycles. The summed E-state index contributed by atoms with van der Waals surface area (Å²) in [5.41, 5.74) is 2.73. The van der Waals surface area contributed by atoms with Crippen LogP contribution in [0.3, 0.4) is 0 Å². The Morgan fingerprint density at radius 3 is 2.93 bits per heavy atom. The fourth-order valence-electron chi connectivity index (χ4n) is 2.13. The van der Waals surface area contributed by atoms with Gasteiger partial charge < -0.3 is 4.98 Å². The second-order valence-electron chi connectivity index (χ2n) is 3.98. The van der Waals surface area contributed by atoms with E-state index < -0.39 is 0 Å². The minimum atomic E-state index is 0.666. The van der Waals surface area contributed by atoms with Gasteiger partial charge in [0.05, 0.1) is 0 Å². The number of hydrogen-bond donors (Lipinski definition) is 1. The van der Waals surface area contributed by atoms with Crippen molar-refractivity contribution in [3.63, 3.8) is 0 Å². The van der Waals surface area contributed by atoms with Crippen molar-refractivity contribution in [1.29, 1.82) is 0 Å². The summed E-state index contributed by atoms with van der Waals surface area (Å²) in [5.74, 6) is 0.666. The topological polar surface area (TPSA) is 15.8 Å². The quantitative estimate of drug-likeness (QED) is 0.745. The van der Waals surface area contributed by atoms with Crippen LogP contribution in [0.25, 0.3) is 10.9 Å². The van der Waals surface area contributed by atoms with Gasteiger partial charge in [-0.1, -0.05) is 32.4 Å². The van der Waals surface area contributed by atoms with Crippen LogP contribution in [0.1, 0.15) is 38.2 Å². The summed E-state index contributed by atoms with van der Waals surface area (Å²) in [6.45, 7) is 4.55. The molecule has 1 unspecified atom stereocenters. The van der Waals surface area contributed by atoms with Crippen molar-refractivity contribution in [2.75, 3.05) is 0 Å². The van der Waals surface area contributed by atoms with E-state index in [1.807, 2.05) is 6.20 Å².